The minimum atomic E-state index is -3.41. The third kappa shape index (κ3) is 4.11. The van der Waals surface area contributed by atoms with E-state index in [4.69, 9.17) is 11.6 Å². The second-order valence-electron chi connectivity index (χ2n) is 4.52. The van der Waals surface area contributed by atoms with Gasteiger partial charge in [-0.1, -0.05) is 11.6 Å². The number of nitrogens with zero attached hydrogens (tertiary/aromatic N) is 1. The highest BCUT2D eigenvalue weighted by Gasteiger charge is 2.23. The SMILES string of the molecule is C[C@H](C(=O)Nc1ccc(N(C)C)c(Cl)c1)S(C)(=O)=O. The highest BCUT2D eigenvalue weighted by molar-refractivity contribution is 7.92. The number of sulfone groups is 1. The summed E-state index contributed by atoms with van der Waals surface area (Å²) in [5, 5.41) is 1.92. The first-order chi connectivity index (χ1) is 8.62. The summed E-state index contributed by atoms with van der Waals surface area (Å²) in [5.41, 5.74) is 1.28. The number of anilines is 2. The van der Waals surface area contributed by atoms with Gasteiger partial charge in [0.1, 0.15) is 5.25 Å². The monoisotopic (exact) mass is 304 g/mol. The van der Waals surface area contributed by atoms with Crippen molar-refractivity contribution < 1.29 is 13.2 Å². The van der Waals surface area contributed by atoms with E-state index in [1.54, 1.807) is 18.2 Å². The van der Waals surface area contributed by atoms with Crippen LogP contribution in [0.25, 0.3) is 0 Å². The number of carbonyl (C=O) groups excluding carboxylic acids is 1. The van der Waals surface area contributed by atoms with Gasteiger partial charge in [0.2, 0.25) is 5.91 Å². The molecule has 1 amide bonds. The molecule has 0 heterocycles. The lowest BCUT2D eigenvalue weighted by Crippen LogP contribution is -2.31. The lowest BCUT2D eigenvalue weighted by molar-refractivity contribution is -0.115. The first-order valence-corrected chi connectivity index (χ1v) is 7.93. The lowest BCUT2D eigenvalue weighted by Gasteiger charge is -2.16. The Balaban J connectivity index is 2.90. The van der Waals surface area contributed by atoms with Gasteiger partial charge < -0.3 is 10.2 Å². The number of benzene rings is 1. The molecule has 0 bridgehead atoms. The predicted octanol–water partition coefficient (Wildman–Crippen LogP) is 1.78. The Hall–Kier alpha value is -1.27. The summed E-state index contributed by atoms with van der Waals surface area (Å²) in [5.74, 6) is -0.573. The fourth-order valence-electron chi connectivity index (χ4n) is 1.39. The fraction of sp³-hybridized carbons (Fsp3) is 0.417. The molecule has 106 valence electrons. The molecule has 0 radical (unpaired) electrons. The molecule has 0 aliphatic heterocycles. The Kier molecular flexibility index (Phi) is 4.81. The van der Waals surface area contributed by atoms with Crippen LogP contribution >= 0.6 is 11.6 Å². The third-order valence-electron chi connectivity index (χ3n) is 2.71. The van der Waals surface area contributed by atoms with Crippen LogP contribution in [0.15, 0.2) is 18.2 Å². The van der Waals surface area contributed by atoms with Crippen LogP contribution in [0.2, 0.25) is 5.02 Å². The van der Waals surface area contributed by atoms with Crippen molar-refractivity contribution >= 4 is 38.7 Å². The topological polar surface area (TPSA) is 66.5 Å². The number of rotatable bonds is 4. The quantitative estimate of drug-likeness (QED) is 0.921. The van der Waals surface area contributed by atoms with Crippen molar-refractivity contribution in [2.45, 2.75) is 12.2 Å². The van der Waals surface area contributed by atoms with Crippen molar-refractivity contribution in [3.05, 3.63) is 23.2 Å². The first-order valence-electron chi connectivity index (χ1n) is 5.59. The molecule has 1 aromatic rings. The minimum absolute atomic E-state index is 0.469. The third-order valence-corrected chi connectivity index (χ3v) is 4.51. The maximum absolute atomic E-state index is 11.7. The van der Waals surface area contributed by atoms with Crippen molar-refractivity contribution in [1.82, 2.24) is 0 Å². The molecule has 1 N–H and O–H groups in total. The summed E-state index contributed by atoms with van der Waals surface area (Å²) in [6.45, 7) is 1.35. The summed E-state index contributed by atoms with van der Waals surface area (Å²) < 4.78 is 22.6. The number of halogens is 1. The van der Waals surface area contributed by atoms with Gasteiger partial charge in [0.05, 0.1) is 10.7 Å². The summed E-state index contributed by atoms with van der Waals surface area (Å²) in [6, 6.07) is 5.01. The molecule has 0 fully saturated rings. The summed E-state index contributed by atoms with van der Waals surface area (Å²) in [6.07, 6.45) is 1.03. The van der Waals surface area contributed by atoms with E-state index in [2.05, 4.69) is 5.32 Å². The van der Waals surface area contributed by atoms with Crippen molar-refractivity contribution in [2.75, 3.05) is 30.6 Å². The average Bonchev–Trinajstić information content (AvgIpc) is 2.26. The molecular formula is C12H17ClN2O3S. The maximum atomic E-state index is 11.7. The molecule has 19 heavy (non-hydrogen) atoms. The molecule has 0 unspecified atom stereocenters. The molecule has 0 saturated heterocycles. The molecule has 7 heteroatoms. The zero-order valence-corrected chi connectivity index (χ0v) is 12.8. The van der Waals surface area contributed by atoms with Crippen molar-refractivity contribution in [3.63, 3.8) is 0 Å². The Bertz CT molecular complexity index is 585. The summed E-state index contributed by atoms with van der Waals surface area (Å²) in [4.78, 5) is 13.6. The molecule has 0 aliphatic rings. The standard InChI is InChI=1S/C12H17ClN2O3S/c1-8(19(4,17)18)12(16)14-9-5-6-11(15(2)3)10(13)7-9/h5-8H,1-4H3,(H,14,16)/t8-/m1/s1. The van der Waals surface area contributed by atoms with E-state index in [1.165, 1.54) is 6.92 Å². The van der Waals surface area contributed by atoms with Crippen LogP contribution in [-0.2, 0) is 14.6 Å². The highest BCUT2D eigenvalue weighted by Crippen LogP contribution is 2.27. The minimum Gasteiger partial charge on any atom is -0.376 e. The molecule has 0 saturated carbocycles. The molecular weight excluding hydrogens is 288 g/mol. The smallest absolute Gasteiger partial charge is 0.242 e. The van der Waals surface area contributed by atoms with E-state index >= 15 is 0 Å². The Labute approximate surface area is 118 Å². The van der Waals surface area contributed by atoms with Crippen LogP contribution in [0.1, 0.15) is 6.92 Å². The highest BCUT2D eigenvalue weighted by atomic mass is 35.5. The van der Waals surface area contributed by atoms with Crippen molar-refractivity contribution in [2.24, 2.45) is 0 Å². The van der Waals surface area contributed by atoms with Crippen molar-refractivity contribution in [3.8, 4) is 0 Å². The van der Waals surface area contributed by atoms with E-state index in [0.29, 0.717) is 10.7 Å². The normalized spacial score (nSPS) is 12.9. The van der Waals surface area contributed by atoms with Gasteiger partial charge in [-0.25, -0.2) is 8.42 Å². The lowest BCUT2D eigenvalue weighted by atomic mass is 10.2. The molecule has 0 spiro atoms. The summed E-state index contributed by atoms with van der Waals surface area (Å²) in [7, 11) is 0.298. The van der Waals surface area contributed by atoms with Gasteiger partial charge in [-0.3, -0.25) is 4.79 Å². The van der Waals surface area contributed by atoms with Crippen LogP contribution in [0.4, 0.5) is 11.4 Å². The van der Waals surface area contributed by atoms with Gasteiger partial charge in [-0.2, -0.15) is 0 Å². The average molecular weight is 305 g/mol. The number of amides is 1. The Morgan fingerprint density at radius 2 is 1.95 bits per heavy atom. The van der Waals surface area contributed by atoms with E-state index < -0.39 is 21.0 Å². The number of nitrogens with one attached hydrogen (secondary N) is 1. The van der Waals surface area contributed by atoms with Crippen LogP contribution in [0, 0.1) is 0 Å². The van der Waals surface area contributed by atoms with Gasteiger partial charge in [-0.15, -0.1) is 0 Å². The van der Waals surface area contributed by atoms with Crippen LogP contribution in [0.5, 0.6) is 0 Å². The van der Waals surface area contributed by atoms with Gasteiger partial charge in [0, 0.05) is 26.0 Å². The van der Waals surface area contributed by atoms with E-state index in [-0.39, 0.29) is 0 Å². The van der Waals surface area contributed by atoms with E-state index in [9.17, 15) is 13.2 Å². The Morgan fingerprint density at radius 3 is 2.37 bits per heavy atom. The van der Waals surface area contributed by atoms with Gasteiger partial charge in [0.25, 0.3) is 0 Å². The van der Waals surface area contributed by atoms with E-state index in [0.717, 1.165) is 11.9 Å². The molecule has 1 rings (SSSR count). The predicted molar refractivity (Wildman–Crippen MR) is 78.7 cm³/mol. The first kappa shape index (κ1) is 15.8. The molecule has 0 aromatic heterocycles. The molecule has 0 aliphatic carbocycles. The van der Waals surface area contributed by atoms with Crippen LogP contribution < -0.4 is 10.2 Å². The van der Waals surface area contributed by atoms with E-state index in [1.807, 2.05) is 19.0 Å². The molecule has 1 aromatic carbocycles. The maximum Gasteiger partial charge on any atom is 0.242 e. The second kappa shape index (κ2) is 5.79. The molecule has 1 atom stereocenters. The zero-order valence-electron chi connectivity index (χ0n) is 11.3. The van der Waals surface area contributed by atoms with Crippen LogP contribution in [0.3, 0.4) is 0 Å². The van der Waals surface area contributed by atoms with Gasteiger partial charge in [0.15, 0.2) is 9.84 Å². The number of hydrogen-bond donors (Lipinski definition) is 1. The van der Waals surface area contributed by atoms with Gasteiger partial charge >= 0.3 is 0 Å². The second-order valence-corrected chi connectivity index (χ2v) is 7.29. The van der Waals surface area contributed by atoms with Crippen molar-refractivity contribution in [1.29, 1.82) is 0 Å². The zero-order chi connectivity index (χ0) is 14.8. The number of carbonyl (C=O) groups is 1. The largest absolute Gasteiger partial charge is 0.376 e. The number of hydrogen-bond acceptors (Lipinski definition) is 4. The Morgan fingerprint density at radius 1 is 1.37 bits per heavy atom. The van der Waals surface area contributed by atoms with Crippen LogP contribution in [-0.4, -0.2) is 39.9 Å². The molecule has 5 nitrogen and oxygen atoms in total. The summed E-state index contributed by atoms with van der Waals surface area (Å²) >= 11 is 6.07. The fourth-order valence-corrected chi connectivity index (χ4v) is 2.18. The van der Waals surface area contributed by atoms with Gasteiger partial charge in [-0.05, 0) is 25.1 Å².